The van der Waals surface area contributed by atoms with Crippen LogP contribution in [0, 0.1) is 6.92 Å². The van der Waals surface area contributed by atoms with Crippen molar-refractivity contribution in [2.45, 2.75) is 26.1 Å². The highest BCUT2D eigenvalue weighted by Gasteiger charge is 2.33. The number of amides is 1. The zero-order valence-electron chi connectivity index (χ0n) is 13.6. The van der Waals surface area contributed by atoms with Crippen LogP contribution in [0.15, 0.2) is 29.4 Å². The normalized spacial score (nSPS) is 17.2. The summed E-state index contributed by atoms with van der Waals surface area (Å²) in [5.41, 5.74) is 5.78. The van der Waals surface area contributed by atoms with Crippen LogP contribution in [0.5, 0.6) is 0 Å². The number of carbonyl (C=O) groups is 1. The van der Waals surface area contributed by atoms with Crippen LogP contribution in [0.25, 0.3) is 10.9 Å². The highest BCUT2D eigenvalue weighted by atomic mass is 16.7. The molecular weight excluding hydrogens is 294 g/mol. The Hall–Kier alpha value is -2.18. The van der Waals surface area contributed by atoms with E-state index in [0.717, 1.165) is 22.2 Å². The molecule has 1 N–H and O–H groups in total. The average Bonchev–Trinajstić information content (AvgIpc) is 3.05. The van der Waals surface area contributed by atoms with Gasteiger partial charge in [0.15, 0.2) is 5.79 Å². The Morgan fingerprint density at radius 3 is 2.83 bits per heavy atom. The molecule has 6 nitrogen and oxygen atoms in total. The number of para-hydroxylation sites is 1. The third kappa shape index (κ3) is 3.13. The molecule has 0 unspecified atom stereocenters. The van der Waals surface area contributed by atoms with Gasteiger partial charge < -0.3 is 14.0 Å². The Balaban J connectivity index is 1.71. The second kappa shape index (κ2) is 6.14. The van der Waals surface area contributed by atoms with Gasteiger partial charge in [0.2, 0.25) is 5.91 Å². The fourth-order valence-electron chi connectivity index (χ4n) is 2.87. The predicted molar refractivity (Wildman–Crippen MR) is 88.3 cm³/mol. The summed E-state index contributed by atoms with van der Waals surface area (Å²) in [6.07, 6.45) is 1.81. The number of hydrogen-bond donors (Lipinski definition) is 1. The number of fused-ring (bicyclic) bond motifs is 1. The quantitative estimate of drug-likeness (QED) is 0.694. The zero-order chi connectivity index (χ0) is 16.4. The number of ether oxygens (including phenoxy) is 2. The van der Waals surface area contributed by atoms with Gasteiger partial charge in [-0.05, 0) is 19.9 Å². The third-order valence-electron chi connectivity index (χ3n) is 4.21. The van der Waals surface area contributed by atoms with Gasteiger partial charge in [-0.15, -0.1) is 0 Å². The van der Waals surface area contributed by atoms with Gasteiger partial charge in [0, 0.05) is 29.2 Å². The van der Waals surface area contributed by atoms with E-state index in [4.69, 9.17) is 9.47 Å². The minimum absolute atomic E-state index is 0.124. The molecule has 0 spiro atoms. The SMILES string of the molecule is Cc1c(/C=N\NC(=O)CC2(C)OCCO2)c2ccccc2n1C. The summed E-state index contributed by atoms with van der Waals surface area (Å²) in [4.78, 5) is 12.0. The highest BCUT2D eigenvalue weighted by Crippen LogP contribution is 2.23. The van der Waals surface area contributed by atoms with Crippen molar-refractivity contribution in [3.8, 4) is 0 Å². The summed E-state index contributed by atoms with van der Waals surface area (Å²) in [7, 11) is 2.02. The van der Waals surface area contributed by atoms with Crippen LogP contribution in [0.2, 0.25) is 0 Å². The molecule has 0 aliphatic carbocycles. The van der Waals surface area contributed by atoms with Gasteiger partial charge in [0.25, 0.3) is 0 Å². The first-order valence-electron chi connectivity index (χ1n) is 7.64. The lowest BCUT2D eigenvalue weighted by molar-refractivity contribution is -0.159. The molecule has 1 aliphatic rings. The first kappa shape index (κ1) is 15.7. The number of nitrogens with one attached hydrogen (secondary N) is 1. The van der Waals surface area contributed by atoms with E-state index in [1.807, 2.05) is 32.2 Å². The van der Waals surface area contributed by atoms with Gasteiger partial charge in [-0.25, -0.2) is 5.43 Å². The summed E-state index contributed by atoms with van der Waals surface area (Å²) in [6.45, 7) is 4.83. The summed E-state index contributed by atoms with van der Waals surface area (Å²) in [5.74, 6) is -1.07. The van der Waals surface area contributed by atoms with Crippen LogP contribution in [-0.2, 0) is 21.3 Å². The van der Waals surface area contributed by atoms with Crippen molar-refractivity contribution in [1.82, 2.24) is 9.99 Å². The summed E-state index contributed by atoms with van der Waals surface area (Å²) in [6, 6.07) is 8.11. The van der Waals surface area contributed by atoms with Crippen molar-refractivity contribution in [3.63, 3.8) is 0 Å². The Kier molecular flexibility index (Phi) is 4.19. The van der Waals surface area contributed by atoms with Gasteiger partial charge in [0.1, 0.15) is 0 Å². The van der Waals surface area contributed by atoms with Gasteiger partial charge in [0.05, 0.1) is 25.8 Å². The van der Waals surface area contributed by atoms with Crippen molar-refractivity contribution < 1.29 is 14.3 Å². The van der Waals surface area contributed by atoms with E-state index in [2.05, 4.69) is 21.2 Å². The zero-order valence-corrected chi connectivity index (χ0v) is 13.6. The second-order valence-electron chi connectivity index (χ2n) is 5.88. The lowest BCUT2D eigenvalue weighted by atomic mass is 10.1. The van der Waals surface area contributed by atoms with Crippen LogP contribution in [0.3, 0.4) is 0 Å². The standard InChI is InChI=1S/C17H21N3O3/c1-12-14(13-6-4-5-7-15(13)20(12)3)11-18-19-16(21)10-17(2)22-8-9-23-17/h4-7,11H,8-10H2,1-3H3,(H,19,21)/b18-11-. The maximum absolute atomic E-state index is 12.0. The van der Waals surface area contributed by atoms with Gasteiger partial charge in [-0.1, -0.05) is 18.2 Å². The van der Waals surface area contributed by atoms with Gasteiger partial charge >= 0.3 is 0 Å². The van der Waals surface area contributed by atoms with Gasteiger partial charge in [-0.2, -0.15) is 5.10 Å². The first-order valence-corrected chi connectivity index (χ1v) is 7.64. The van der Waals surface area contributed by atoms with E-state index in [1.54, 1.807) is 13.1 Å². The number of nitrogens with zero attached hydrogens (tertiary/aromatic N) is 2. The molecule has 1 amide bonds. The molecule has 1 aliphatic heterocycles. The van der Waals surface area contributed by atoms with Crippen molar-refractivity contribution in [1.29, 1.82) is 0 Å². The lowest BCUT2D eigenvalue weighted by Gasteiger charge is -2.20. The molecular formula is C17H21N3O3. The Morgan fingerprint density at radius 1 is 1.39 bits per heavy atom. The van der Waals surface area contributed by atoms with Gasteiger partial charge in [-0.3, -0.25) is 4.79 Å². The molecule has 3 rings (SSSR count). The molecule has 0 bridgehead atoms. The van der Waals surface area contributed by atoms with Crippen molar-refractivity contribution >= 4 is 23.0 Å². The summed E-state index contributed by atoms with van der Waals surface area (Å²) in [5, 5.41) is 5.20. The van der Waals surface area contributed by atoms with E-state index in [-0.39, 0.29) is 12.3 Å². The number of hydrogen-bond acceptors (Lipinski definition) is 4. The molecule has 0 atom stereocenters. The number of hydrazone groups is 1. The molecule has 2 heterocycles. The minimum Gasteiger partial charge on any atom is -0.347 e. The fourth-order valence-corrected chi connectivity index (χ4v) is 2.87. The topological polar surface area (TPSA) is 64.8 Å². The van der Waals surface area contributed by atoms with E-state index >= 15 is 0 Å². The maximum atomic E-state index is 12.0. The average molecular weight is 315 g/mol. The molecule has 23 heavy (non-hydrogen) atoms. The Morgan fingerprint density at radius 2 is 2.09 bits per heavy atom. The van der Waals surface area contributed by atoms with E-state index in [9.17, 15) is 4.79 Å². The largest absolute Gasteiger partial charge is 0.347 e. The molecule has 1 aromatic heterocycles. The van der Waals surface area contributed by atoms with Crippen molar-refractivity contribution in [2.75, 3.05) is 13.2 Å². The molecule has 122 valence electrons. The number of rotatable bonds is 4. The monoisotopic (exact) mass is 315 g/mol. The van der Waals surface area contributed by atoms with E-state index in [0.29, 0.717) is 13.2 Å². The van der Waals surface area contributed by atoms with Crippen LogP contribution in [0.4, 0.5) is 0 Å². The smallest absolute Gasteiger partial charge is 0.245 e. The van der Waals surface area contributed by atoms with E-state index in [1.165, 1.54) is 0 Å². The molecule has 2 aromatic rings. The molecule has 1 fully saturated rings. The van der Waals surface area contributed by atoms with Crippen LogP contribution in [-0.4, -0.2) is 35.7 Å². The third-order valence-corrected chi connectivity index (χ3v) is 4.21. The summed E-state index contributed by atoms with van der Waals surface area (Å²) >= 11 is 0. The number of benzene rings is 1. The Labute approximate surface area is 135 Å². The maximum Gasteiger partial charge on any atom is 0.245 e. The molecule has 1 saturated heterocycles. The molecule has 1 aromatic carbocycles. The molecule has 6 heteroatoms. The number of aryl methyl sites for hydroxylation is 1. The van der Waals surface area contributed by atoms with E-state index < -0.39 is 5.79 Å². The molecule has 0 radical (unpaired) electrons. The van der Waals surface area contributed by atoms with Crippen molar-refractivity contribution in [2.24, 2.45) is 12.1 Å². The predicted octanol–water partition coefficient (Wildman–Crippen LogP) is 2.09. The number of carbonyl (C=O) groups excluding carboxylic acids is 1. The fraction of sp³-hybridized carbons (Fsp3) is 0.412. The summed E-state index contributed by atoms with van der Waals surface area (Å²) < 4.78 is 12.9. The first-order chi connectivity index (χ1) is 11.0. The van der Waals surface area contributed by atoms with Crippen LogP contribution in [0.1, 0.15) is 24.6 Å². The van der Waals surface area contributed by atoms with Crippen LogP contribution >= 0.6 is 0 Å². The number of aromatic nitrogens is 1. The minimum atomic E-state index is -0.838. The lowest BCUT2D eigenvalue weighted by Crippen LogP contribution is -2.33. The Bertz CT molecular complexity index is 758. The highest BCUT2D eigenvalue weighted by molar-refractivity contribution is 6.01. The van der Waals surface area contributed by atoms with Crippen LogP contribution < -0.4 is 5.43 Å². The molecule has 0 saturated carbocycles. The van der Waals surface area contributed by atoms with Crippen molar-refractivity contribution in [3.05, 3.63) is 35.5 Å². The second-order valence-corrected chi connectivity index (χ2v) is 5.88.